The summed E-state index contributed by atoms with van der Waals surface area (Å²) in [6, 6.07) is 0.800. The lowest BCUT2D eigenvalue weighted by molar-refractivity contribution is -0.137. The number of amides is 1. The van der Waals surface area contributed by atoms with E-state index in [9.17, 15) is 9.59 Å². The highest BCUT2D eigenvalue weighted by molar-refractivity contribution is 6.30. The van der Waals surface area contributed by atoms with Crippen molar-refractivity contribution in [3.63, 3.8) is 0 Å². The monoisotopic (exact) mass is 271 g/mol. The van der Waals surface area contributed by atoms with Crippen LogP contribution in [0.3, 0.4) is 0 Å². The number of carbonyl (C=O) groups excluding carboxylic acids is 1. The lowest BCUT2D eigenvalue weighted by Gasteiger charge is -2.11. The molecule has 7 heteroatoms. The van der Waals surface area contributed by atoms with Crippen LogP contribution in [0.15, 0.2) is 12.3 Å². The average molecular weight is 272 g/mol. The molecule has 0 saturated heterocycles. The van der Waals surface area contributed by atoms with Gasteiger partial charge in [0.2, 0.25) is 5.91 Å². The molecule has 0 fully saturated rings. The van der Waals surface area contributed by atoms with Gasteiger partial charge < -0.3 is 16.2 Å². The summed E-state index contributed by atoms with van der Waals surface area (Å²) in [6.07, 6.45) is 1.35. The van der Waals surface area contributed by atoms with E-state index in [1.54, 1.807) is 13.0 Å². The number of aromatic nitrogens is 1. The number of hydrogen-bond donors (Lipinski definition) is 3. The summed E-state index contributed by atoms with van der Waals surface area (Å²) in [4.78, 5) is 25.9. The first-order valence-electron chi connectivity index (χ1n) is 5.30. The van der Waals surface area contributed by atoms with Gasteiger partial charge in [0, 0.05) is 6.42 Å². The second-order valence-electron chi connectivity index (χ2n) is 3.86. The standard InChI is InChI=1S/C11H14ClN3O3/c1-6-4-7(5-14-10(6)12)15-11(18)8(13)2-3-9(16)17/h4-5,8H,2-3,13H2,1H3,(H,15,18)(H,16,17). The Kier molecular flexibility index (Phi) is 5.06. The summed E-state index contributed by atoms with van der Waals surface area (Å²) in [5.41, 5.74) is 6.77. The Bertz CT molecular complexity index is 465. The molecule has 0 aliphatic heterocycles. The predicted molar refractivity (Wildman–Crippen MR) is 67.5 cm³/mol. The fraction of sp³-hybridized carbons (Fsp3) is 0.364. The van der Waals surface area contributed by atoms with E-state index < -0.39 is 17.9 Å². The summed E-state index contributed by atoms with van der Waals surface area (Å²) in [5, 5.41) is 11.4. The molecular weight excluding hydrogens is 258 g/mol. The number of nitrogens with zero attached hydrogens (tertiary/aromatic N) is 1. The van der Waals surface area contributed by atoms with Crippen molar-refractivity contribution in [2.75, 3.05) is 5.32 Å². The number of carbonyl (C=O) groups is 2. The maximum absolute atomic E-state index is 11.6. The van der Waals surface area contributed by atoms with Gasteiger partial charge in [-0.15, -0.1) is 0 Å². The van der Waals surface area contributed by atoms with Crippen molar-refractivity contribution in [2.24, 2.45) is 5.73 Å². The summed E-state index contributed by atoms with van der Waals surface area (Å²) in [7, 11) is 0. The first-order chi connectivity index (χ1) is 8.40. The zero-order chi connectivity index (χ0) is 13.7. The molecule has 1 amide bonds. The second-order valence-corrected chi connectivity index (χ2v) is 4.22. The number of anilines is 1. The molecule has 1 atom stereocenters. The molecule has 0 bridgehead atoms. The molecule has 0 aliphatic carbocycles. The van der Waals surface area contributed by atoms with Crippen LogP contribution in [-0.4, -0.2) is 28.0 Å². The van der Waals surface area contributed by atoms with Gasteiger partial charge in [0.05, 0.1) is 17.9 Å². The number of halogens is 1. The average Bonchev–Trinajstić information content (AvgIpc) is 2.30. The molecule has 1 aromatic rings. The van der Waals surface area contributed by atoms with Crippen molar-refractivity contribution >= 4 is 29.2 Å². The van der Waals surface area contributed by atoms with Crippen LogP contribution in [-0.2, 0) is 9.59 Å². The van der Waals surface area contributed by atoms with Crippen molar-refractivity contribution in [3.05, 3.63) is 23.0 Å². The van der Waals surface area contributed by atoms with E-state index in [-0.39, 0.29) is 12.8 Å². The quantitative estimate of drug-likeness (QED) is 0.697. The van der Waals surface area contributed by atoms with Gasteiger partial charge in [0.25, 0.3) is 0 Å². The topological polar surface area (TPSA) is 105 Å². The van der Waals surface area contributed by atoms with Gasteiger partial charge in [-0.3, -0.25) is 9.59 Å². The van der Waals surface area contributed by atoms with Gasteiger partial charge >= 0.3 is 5.97 Å². The van der Waals surface area contributed by atoms with E-state index in [1.165, 1.54) is 6.20 Å². The summed E-state index contributed by atoms with van der Waals surface area (Å²) in [5.74, 6) is -1.43. The van der Waals surface area contributed by atoms with Gasteiger partial charge in [0.15, 0.2) is 0 Å². The number of carboxylic acids is 1. The van der Waals surface area contributed by atoms with Crippen LogP contribution in [0.1, 0.15) is 18.4 Å². The maximum Gasteiger partial charge on any atom is 0.303 e. The number of rotatable bonds is 5. The van der Waals surface area contributed by atoms with Crippen molar-refractivity contribution in [1.29, 1.82) is 0 Å². The van der Waals surface area contributed by atoms with Crippen LogP contribution in [0.5, 0.6) is 0 Å². The fourth-order valence-corrected chi connectivity index (χ4v) is 1.37. The Morgan fingerprint density at radius 3 is 2.83 bits per heavy atom. The molecule has 0 saturated carbocycles. The van der Waals surface area contributed by atoms with Crippen LogP contribution in [0, 0.1) is 6.92 Å². The number of carboxylic acid groups (broad SMARTS) is 1. The second kappa shape index (κ2) is 6.32. The van der Waals surface area contributed by atoms with E-state index in [4.69, 9.17) is 22.4 Å². The highest BCUT2D eigenvalue weighted by Crippen LogP contribution is 2.16. The van der Waals surface area contributed by atoms with Gasteiger partial charge in [-0.1, -0.05) is 11.6 Å². The molecule has 1 heterocycles. The molecular formula is C11H14ClN3O3. The van der Waals surface area contributed by atoms with Gasteiger partial charge in [-0.25, -0.2) is 4.98 Å². The minimum absolute atomic E-state index is 0.0845. The number of aliphatic carboxylic acids is 1. The molecule has 0 spiro atoms. The van der Waals surface area contributed by atoms with Crippen molar-refractivity contribution in [1.82, 2.24) is 4.98 Å². The number of pyridine rings is 1. The Balaban J connectivity index is 2.58. The molecule has 1 aromatic heterocycles. The number of nitrogens with one attached hydrogen (secondary N) is 1. The summed E-state index contributed by atoms with van der Waals surface area (Å²) < 4.78 is 0. The third-order valence-electron chi connectivity index (χ3n) is 2.29. The number of aryl methyl sites for hydroxylation is 1. The predicted octanol–water partition coefficient (Wildman–Crippen LogP) is 1.17. The lowest BCUT2D eigenvalue weighted by atomic mass is 10.1. The van der Waals surface area contributed by atoms with Crippen LogP contribution in [0.25, 0.3) is 0 Å². The van der Waals surface area contributed by atoms with Gasteiger partial charge in [-0.05, 0) is 25.0 Å². The Hall–Kier alpha value is -1.66. The van der Waals surface area contributed by atoms with Crippen LogP contribution >= 0.6 is 11.6 Å². The van der Waals surface area contributed by atoms with E-state index in [1.807, 2.05) is 0 Å². The lowest BCUT2D eigenvalue weighted by Crippen LogP contribution is -2.36. The van der Waals surface area contributed by atoms with Crippen molar-refractivity contribution in [2.45, 2.75) is 25.8 Å². The Morgan fingerprint density at radius 1 is 1.61 bits per heavy atom. The van der Waals surface area contributed by atoms with Gasteiger partial charge in [0.1, 0.15) is 5.15 Å². The summed E-state index contributed by atoms with van der Waals surface area (Å²) in [6.45, 7) is 1.76. The first-order valence-corrected chi connectivity index (χ1v) is 5.68. The molecule has 18 heavy (non-hydrogen) atoms. The number of hydrogen-bond acceptors (Lipinski definition) is 4. The van der Waals surface area contributed by atoms with Crippen LogP contribution in [0.4, 0.5) is 5.69 Å². The van der Waals surface area contributed by atoms with E-state index in [2.05, 4.69) is 10.3 Å². The van der Waals surface area contributed by atoms with E-state index in [0.29, 0.717) is 10.8 Å². The largest absolute Gasteiger partial charge is 0.481 e. The summed E-state index contributed by atoms with van der Waals surface area (Å²) >= 11 is 5.75. The van der Waals surface area contributed by atoms with Crippen molar-refractivity contribution in [3.8, 4) is 0 Å². The van der Waals surface area contributed by atoms with Gasteiger partial charge in [-0.2, -0.15) is 0 Å². The maximum atomic E-state index is 11.6. The Morgan fingerprint density at radius 2 is 2.28 bits per heavy atom. The first kappa shape index (κ1) is 14.4. The molecule has 0 radical (unpaired) electrons. The molecule has 98 valence electrons. The molecule has 0 aliphatic rings. The normalized spacial score (nSPS) is 11.9. The van der Waals surface area contributed by atoms with Crippen LogP contribution < -0.4 is 11.1 Å². The third-order valence-corrected chi connectivity index (χ3v) is 2.68. The molecule has 4 N–H and O–H groups in total. The highest BCUT2D eigenvalue weighted by Gasteiger charge is 2.15. The third kappa shape index (κ3) is 4.31. The Labute approximate surface area is 109 Å². The van der Waals surface area contributed by atoms with Crippen molar-refractivity contribution < 1.29 is 14.7 Å². The minimum atomic E-state index is -0.984. The smallest absolute Gasteiger partial charge is 0.303 e. The molecule has 1 unspecified atom stereocenters. The zero-order valence-electron chi connectivity index (χ0n) is 9.81. The molecule has 1 rings (SSSR count). The van der Waals surface area contributed by atoms with E-state index in [0.717, 1.165) is 5.56 Å². The zero-order valence-corrected chi connectivity index (χ0v) is 10.6. The molecule has 6 nitrogen and oxygen atoms in total. The van der Waals surface area contributed by atoms with Crippen LogP contribution in [0.2, 0.25) is 5.15 Å². The number of nitrogens with two attached hydrogens (primary N) is 1. The fourth-order valence-electron chi connectivity index (χ4n) is 1.27. The highest BCUT2D eigenvalue weighted by atomic mass is 35.5. The molecule has 0 aromatic carbocycles. The SMILES string of the molecule is Cc1cc(NC(=O)C(N)CCC(=O)O)cnc1Cl. The minimum Gasteiger partial charge on any atom is -0.481 e. The van der Waals surface area contributed by atoms with E-state index >= 15 is 0 Å².